The van der Waals surface area contributed by atoms with Crippen molar-refractivity contribution in [2.45, 2.75) is 39.2 Å². The standard InChI is InChI=1S/C26H29N3O2S/c1-3-15-29(22-13-16-28(17-14-22)25(30)21-7-5-4-6-8-21)26(31)23-18-32-24(27-23)20-11-9-19(2)10-12-20/h4-12,18,22H,3,13-17H2,1-2H3. The Kier molecular flexibility index (Phi) is 7.00. The summed E-state index contributed by atoms with van der Waals surface area (Å²) in [6, 6.07) is 17.8. The van der Waals surface area contributed by atoms with Crippen molar-refractivity contribution in [3.05, 3.63) is 76.8 Å². The fraction of sp³-hybridized carbons (Fsp3) is 0.346. The first kappa shape index (κ1) is 22.2. The van der Waals surface area contributed by atoms with Crippen molar-refractivity contribution in [3.8, 4) is 10.6 Å². The molecule has 0 unspecified atom stereocenters. The van der Waals surface area contributed by atoms with Crippen LogP contribution in [0.4, 0.5) is 0 Å². The molecule has 166 valence electrons. The summed E-state index contributed by atoms with van der Waals surface area (Å²) in [5.41, 5.74) is 3.47. The number of amides is 2. The second-order valence-electron chi connectivity index (χ2n) is 8.29. The van der Waals surface area contributed by atoms with E-state index in [1.807, 2.05) is 57.6 Å². The van der Waals surface area contributed by atoms with E-state index in [0.29, 0.717) is 25.3 Å². The minimum absolute atomic E-state index is 0.00528. The van der Waals surface area contributed by atoms with Gasteiger partial charge in [-0.05, 0) is 38.3 Å². The van der Waals surface area contributed by atoms with E-state index in [1.165, 1.54) is 16.9 Å². The van der Waals surface area contributed by atoms with Gasteiger partial charge in [0.15, 0.2) is 0 Å². The van der Waals surface area contributed by atoms with E-state index in [1.54, 1.807) is 0 Å². The molecule has 1 fully saturated rings. The number of aryl methyl sites for hydroxylation is 1. The highest BCUT2D eigenvalue weighted by atomic mass is 32.1. The summed E-state index contributed by atoms with van der Waals surface area (Å²) in [6.07, 6.45) is 2.47. The van der Waals surface area contributed by atoms with Crippen LogP contribution >= 0.6 is 11.3 Å². The van der Waals surface area contributed by atoms with Crippen LogP contribution in [0, 0.1) is 6.92 Å². The van der Waals surface area contributed by atoms with Crippen LogP contribution in [0.5, 0.6) is 0 Å². The highest BCUT2D eigenvalue weighted by Crippen LogP contribution is 2.26. The van der Waals surface area contributed by atoms with Gasteiger partial charge in [0.05, 0.1) is 0 Å². The molecular formula is C26H29N3O2S. The minimum atomic E-state index is -0.00528. The monoisotopic (exact) mass is 447 g/mol. The van der Waals surface area contributed by atoms with Gasteiger partial charge in [-0.3, -0.25) is 9.59 Å². The molecule has 0 aliphatic carbocycles. The van der Waals surface area contributed by atoms with E-state index < -0.39 is 0 Å². The van der Waals surface area contributed by atoms with Crippen LogP contribution in [-0.2, 0) is 0 Å². The Morgan fingerprint density at radius 1 is 1.06 bits per heavy atom. The Labute approximate surface area is 193 Å². The lowest BCUT2D eigenvalue weighted by atomic mass is 10.0. The third-order valence-electron chi connectivity index (χ3n) is 5.96. The second kappa shape index (κ2) is 10.1. The number of piperidine rings is 1. The Morgan fingerprint density at radius 3 is 2.41 bits per heavy atom. The van der Waals surface area contributed by atoms with E-state index in [9.17, 15) is 9.59 Å². The number of carbonyl (C=O) groups is 2. The molecule has 0 radical (unpaired) electrons. The molecule has 2 amide bonds. The van der Waals surface area contributed by atoms with Crippen molar-refractivity contribution in [1.29, 1.82) is 0 Å². The maximum Gasteiger partial charge on any atom is 0.273 e. The first-order valence-electron chi connectivity index (χ1n) is 11.2. The van der Waals surface area contributed by atoms with Gasteiger partial charge in [-0.2, -0.15) is 0 Å². The Morgan fingerprint density at radius 2 is 1.75 bits per heavy atom. The van der Waals surface area contributed by atoms with Crippen LogP contribution in [0.2, 0.25) is 0 Å². The van der Waals surface area contributed by atoms with Crippen molar-refractivity contribution in [1.82, 2.24) is 14.8 Å². The van der Waals surface area contributed by atoms with Gasteiger partial charge in [-0.25, -0.2) is 4.98 Å². The number of likely N-dealkylation sites (tertiary alicyclic amines) is 1. The van der Waals surface area contributed by atoms with Gasteiger partial charge in [-0.15, -0.1) is 11.3 Å². The molecule has 0 bridgehead atoms. The molecule has 2 heterocycles. The van der Waals surface area contributed by atoms with Crippen LogP contribution in [0.3, 0.4) is 0 Å². The molecule has 0 atom stereocenters. The number of hydrogen-bond donors (Lipinski definition) is 0. The maximum atomic E-state index is 13.4. The Hall–Kier alpha value is -2.99. The SMILES string of the molecule is CCCN(C(=O)c1csc(-c2ccc(C)cc2)n1)C1CCN(C(=O)c2ccccc2)CC1. The van der Waals surface area contributed by atoms with Gasteiger partial charge in [0.25, 0.3) is 11.8 Å². The molecule has 0 saturated carbocycles. The van der Waals surface area contributed by atoms with Crippen molar-refractivity contribution >= 4 is 23.2 Å². The predicted octanol–water partition coefficient (Wildman–Crippen LogP) is 5.28. The van der Waals surface area contributed by atoms with E-state index in [4.69, 9.17) is 0 Å². The smallest absolute Gasteiger partial charge is 0.273 e. The molecule has 0 N–H and O–H groups in total. The number of nitrogens with zero attached hydrogens (tertiary/aromatic N) is 3. The highest BCUT2D eigenvalue weighted by molar-refractivity contribution is 7.13. The Bertz CT molecular complexity index is 1050. The summed E-state index contributed by atoms with van der Waals surface area (Å²) in [5, 5.41) is 2.74. The molecule has 0 spiro atoms. The van der Waals surface area contributed by atoms with Crippen LogP contribution in [0.25, 0.3) is 10.6 Å². The lowest BCUT2D eigenvalue weighted by Crippen LogP contribution is -2.49. The van der Waals surface area contributed by atoms with Crippen molar-refractivity contribution < 1.29 is 9.59 Å². The Balaban J connectivity index is 1.43. The summed E-state index contributed by atoms with van der Waals surface area (Å²) in [5.74, 6) is 0.0638. The molecule has 32 heavy (non-hydrogen) atoms. The molecule has 1 aromatic heterocycles. The molecule has 1 aliphatic heterocycles. The van der Waals surface area contributed by atoms with Crippen LogP contribution in [0.1, 0.15) is 52.6 Å². The highest BCUT2D eigenvalue weighted by Gasteiger charge is 2.31. The summed E-state index contributed by atoms with van der Waals surface area (Å²) in [7, 11) is 0. The normalized spacial score (nSPS) is 14.4. The predicted molar refractivity (Wildman–Crippen MR) is 129 cm³/mol. The fourth-order valence-corrected chi connectivity index (χ4v) is 4.98. The number of hydrogen-bond acceptors (Lipinski definition) is 4. The fourth-order valence-electron chi connectivity index (χ4n) is 4.18. The largest absolute Gasteiger partial charge is 0.338 e. The zero-order chi connectivity index (χ0) is 22.5. The average Bonchev–Trinajstić information content (AvgIpc) is 3.33. The van der Waals surface area contributed by atoms with E-state index >= 15 is 0 Å². The maximum absolute atomic E-state index is 13.4. The lowest BCUT2D eigenvalue weighted by Gasteiger charge is -2.38. The first-order chi connectivity index (χ1) is 15.6. The number of benzene rings is 2. The molecule has 4 rings (SSSR count). The van der Waals surface area contributed by atoms with Crippen molar-refractivity contribution in [2.24, 2.45) is 0 Å². The van der Waals surface area contributed by atoms with Crippen molar-refractivity contribution in [2.75, 3.05) is 19.6 Å². The summed E-state index contributed by atoms with van der Waals surface area (Å²) in [6.45, 7) is 6.18. The van der Waals surface area contributed by atoms with Gasteiger partial charge < -0.3 is 9.80 Å². The van der Waals surface area contributed by atoms with Gasteiger partial charge in [0.1, 0.15) is 10.7 Å². The summed E-state index contributed by atoms with van der Waals surface area (Å²) < 4.78 is 0. The molecule has 2 aromatic carbocycles. The quantitative estimate of drug-likeness (QED) is 0.517. The lowest BCUT2D eigenvalue weighted by molar-refractivity contribution is 0.0516. The number of aromatic nitrogens is 1. The summed E-state index contributed by atoms with van der Waals surface area (Å²) in [4.78, 5) is 34.6. The van der Waals surface area contributed by atoms with Crippen LogP contribution in [-0.4, -0.2) is 52.3 Å². The van der Waals surface area contributed by atoms with E-state index in [0.717, 1.165) is 35.4 Å². The van der Waals surface area contributed by atoms with E-state index in [2.05, 4.69) is 31.0 Å². The second-order valence-corrected chi connectivity index (χ2v) is 9.15. The van der Waals surface area contributed by atoms with E-state index in [-0.39, 0.29) is 17.9 Å². The topological polar surface area (TPSA) is 53.5 Å². The number of carbonyl (C=O) groups excluding carboxylic acids is 2. The molecule has 6 heteroatoms. The number of thiazole rings is 1. The van der Waals surface area contributed by atoms with Crippen LogP contribution < -0.4 is 0 Å². The average molecular weight is 448 g/mol. The molecular weight excluding hydrogens is 418 g/mol. The molecule has 3 aromatic rings. The van der Waals surface area contributed by atoms with Gasteiger partial charge in [-0.1, -0.05) is 55.0 Å². The van der Waals surface area contributed by atoms with Crippen LogP contribution in [0.15, 0.2) is 60.0 Å². The first-order valence-corrected chi connectivity index (χ1v) is 12.1. The molecule has 1 saturated heterocycles. The van der Waals surface area contributed by atoms with Gasteiger partial charge in [0, 0.05) is 42.2 Å². The van der Waals surface area contributed by atoms with Crippen molar-refractivity contribution in [3.63, 3.8) is 0 Å². The van der Waals surface area contributed by atoms with Gasteiger partial charge in [0.2, 0.25) is 0 Å². The minimum Gasteiger partial charge on any atom is -0.338 e. The zero-order valence-corrected chi connectivity index (χ0v) is 19.5. The summed E-state index contributed by atoms with van der Waals surface area (Å²) >= 11 is 1.51. The molecule has 1 aliphatic rings. The third kappa shape index (κ3) is 4.91. The zero-order valence-electron chi connectivity index (χ0n) is 18.7. The molecule has 5 nitrogen and oxygen atoms in total. The number of rotatable bonds is 6. The third-order valence-corrected chi connectivity index (χ3v) is 6.85. The van der Waals surface area contributed by atoms with Gasteiger partial charge >= 0.3 is 0 Å².